The number of β-amino-alcohol motifs (C(OH)–C–C–N with tert-alkyl or cyclic N) is 1. The predicted molar refractivity (Wildman–Crippen MR) is 66.6 cm³/mol. The molecular formula is C12H26N2Na2O. The molecule has 0 aromatic carbocycles. The Bertz CT molecular complexity index is 210. The Morgan fingerprint density at radius 1 is 1.24 bits per heavy atom. The fraction of sp³-hybridized carbons (Fsp3) is 0.917. The van der Waals surface area contributed by atoms with Crippen LogP contribution in [0.15, 0.2) is 4.99 Å². The summed E-state index contributed by atoms with van der Waals surface area (Å²) in [5.74, 6) is 1.22. The second-order valence-corrected chi connectivity index (χ2v) is 4.17. The van der Waals surface area contributed by atoms with E-state index in [0.717, 1.165) is 26.1 Å². The maximum atomic E-state index is 8.89. The van der Waals surface area contributed by atoms with E-state index in [-0.39, 0.29) is 68.6 Å². The van der Waals surface area contributed by atoms with Crippen LogP contribution in [0.3, 0.4) is 0 Å². The minimum atomic E-state index is 0. The Balaban J connectivity index is -0.000000281. The monoisotopic (exact) mass is 260 g/mol. The molecule has 1 N–H and O–H groups in total. The van der Waals surface area contributed by atoms with E-state index in [1.165, 1.54) is 37.9 Å². The van der Waals surface area contributed by atoms with Crippen LogP contribution >= 0.6 is 0 Å². The minimum absolute atomic E-state index is 0. The molecule has 92 valence electrons. The number of aliphatic hydroxyl groups is 1. The van der Waals surface area contributed by atoms with Gasteiger partial charge in [0.1, 0.15) is 0 Å². The maximum absolute atomic E-state index is 8.89. The first kappa shape index (κ1) is 20.7. The van der Waals surface area contributed by atoms with E-state index < -0.39 is 0 Å². The molecule has 0 amide bonds. The number of aliphatic imine (C=N–C) groups is 1. The van der Waals surface area contributed by atoms with Gasteiger partial charge >= 0.3 is 59.1 Å². The second-order valence-electron chi connectivity index (χ2n) is 4.17. The van der Waals surface area contributed by atoms with Crippen molar-refractivity contribution in [3.05, 3.63) is 0 Å². The van der Waals surface area contributed by atoms with Crippen LogP contribution in [-0.2, 0) is 0 Å². The van der Waals surface area contributed by atoms with Crippen LogP contribution in [0.5, 0.6) is 0 Å². The van der Waals surface area contributed by atoms with Crippen LogP contribution in [-0.4, -0.2) is 42.1 Å². The van der Waals surface area contributed by atoms with Gasteiger partial charge in [0.15, 0.2) is 0 Å². The zero-order chi connectivity index (χ0) is 10.9. The quantitative estimate of drug-likeness (QED) is 0.360. The first-order valence-electron chi connectivity index (χ1n) is 6.27. The summed E-state index contributed by atoms with van der Waals surface area (Å²) in [6, 6.07) is 0. The zero-order valence-electron chi connectivity index (χ0n) is 13.9. The fourth-order valence-corrected chi connectivity index (χ4v) is 2.01. The minimum Gasteiger partial charge on any atom is -1.00 e. The molecule has 0 aromatic heterocycles. The number of rotatable bonds is 8. The first-order chi connectivity index (χ1) is 7.38. The Hall–Kier alpha value is 1.43. The van der Waals surface area contributed by atoms with Crippen molar-refractivity contribution in [2.24, 2.45) is 4.99 Å². The molecule has 0 atom stereocenters. The van der Waals surface area contributed by atoms with Crippen molar-refractivity contribution in [2.75, 3.05) is 26.2 Å². The molecule has 17 heavy (non-hydrogen) atoms. The molecule has 1 heterocycles. The van der Waals surface area contributed by atoms with Gasteiger partial charge in [-0.25, -0.2) is 0 Å². The van der Waals surface area contributed by atoms with Crippen molar-refractivity contribution < 1.29 is 67.1 Å². The van der Waals surface area contributed by atoms with Crippen molar-refractivity contribution >= 4 is 5.84 Å². The molecule has 0 spiro atoms. The third-order valence-corrected chi connectivity index (χ3v) is 2.90. The van der Waals surface area contributed by atoms with Gasteiger partial charge in [0.2, 0.25) is 0 Å². The molecule has 5 heteroatoms. The fourth-order valence-electron chi connectivity index (χ4n) is 2.01. The molecule has 1 aliphatic heterocycles. The molecule has 0 aliphatic carbocycles. The van der Waals surface area contributed by atoms with Gasteiger partial charge in [-0.1, -0.05) is 32.6 Å². The van der Waals surface area contributed by atoms with E-state index in [1.54, 1.807) is 0 Å². The molecule has 0 saturated heterocycles. The van der Waals surface area contributed by atoms with Crippen molar-refractivity contribution in [1.82, 2.24) is 4.90 Å². The van der Waals surface area contributed by atoms with Gasteiger partial charge < -0.3 is 12.9 Å². The largest absolute Gasteiger partial charge is 1.00 e. The van der Waals surface area contributed by atoms with Crippen molar-refractivity contribution in [3.8, 4) is 0 Å². The summed E-state index contributed by atoms with van der Waals surface area (Å²) in [6.45, 7) is 5.17. The van der Waals surface area contributed by atoms with Gasteiger partial charge in [0, 0.05) is 19.5 Å². The van der Waals surface area contributed by atoms with Gasteiger partial charge in [-0.05, 0) is 6.42 Å². The number of hydrogen-bond acceptors (Lipinski definition) is 3. The zero-order valence-corrected chi connectivity index (χ0v) is 15.9. The van der Waals surface area contributed by atoms with Crippen molar-refractivity contribution in [2.45, 2.75) is 45.4 Å². The van der Waals surface area contributed by atoms with Gasteiger partial charge in [0.25, 0.3) is 0 Å². The van der Waals surface area contributed by atoms with Gasteiger partial charge in [-0.2, -0.15) is 0 Å². The summed E-state index contributed by atoms with van der Waals surface area (Å²) < 4.78 is 0. The number of amidine groups is 1. The number of unbranched alkanes of at least 4 members (excludes halogenated alkanes) is 4. The molecule has 0 aromatic rings. The number of hydrogen-bond donors (Lipinski definition) is 1. The average Bonchev–Trinajstić information content (AvgIpc) is 2.66. The number of aliphatic hydroxyl groups excluding tert-OH is 1. The maximum Gasteiger partial charge on any atom is 1.00 e. The Kier molecular flexibility index (Phi) is 16.9. The van der Waals surface area contributed by atoms with Crippen molar-refractivity contribution in [1.29, 1.82) is 0 Å². The molecule has 0 unspecified atom stereocenters. The topological polar surface area (TPSA) is 35.8 Å². The Morgan fingerprint density at radius 3 is 2.59 bits per heavy atom. The van der Waals surface area contributed by atoms with E-state index in [4.69, 9.17) is 5.11 Å². The molecule has 1 aliphatic rings. The van der Waals surface area contributed by atoms with Crippen LogP contribution < -0.4 is 59.1 Å². The Labute approximate surface area is 153 Å². The summed E-state index contributed by atoms with van der Waals surface area (Å²) in [4.78, 5) is 6.71. The SMILES string of the molecule is CCCCCCCC1=NCCN1CCO.[H-].[H-].[Na+].[Na+]. The first-order valence-corrected chi connectivity index (χ1v) is 6.27. The van der Waals surface area contributed by atoms with Crippen LogP contribution in [0.4, 0.5) is 0 Å². The predicted octanol–water partition coefficient (Wildman–Crippen LogP) is -3.71. The van der Waals surface area contributed by atoms with Gasteiger partial charge in [-0.15, -0.1) is 0 Å². The molecule has 3 nitrogen and oxygen atoms in total. The summed E-state index contributed by atoms with van der Waals surface area (Å²) in [5, 5.41) is 8.89. The third kappa shape index (κ3) is 9.04. The Morgan fingerprint density at radius 2 is 1.94 bits per heavy atom. The van der Waals surface area contributed by atoms with E-state index in [0.29, 0.717) is 0 Å². The third-order valence-electron chi connectivity index (χ3n) is 2.90. The normalized spacial score (nSPS) is 14.0. The summed E-state index contributed by atoms with van der Waals surface area (Å²) in [7, 11) is 0. The van der Waals surface area contributed by atoms with Crippen molar-refractivity contribution in [3.63, 3.8) is 0 Å². The number of nitrogens with zero attached hydrogens (tertiary/aromatic N) is 2. The molecule has 0 bridgehead atoms. The molecule has 1 rings (SSSR count). The average molecular weight is 260 g/mol. The van der Waals surface area contributed by atoms with Crippen LogP contribution in [0.1, 0.15) is 48.3 Å². The molecular weight excluding hydrogens is 234 g/mol. The van der Waals surface area contributed by atoms with E-state index >= 15 is 0 Å². The standard InChI is InChI=1S/C12H24N2O.2Na.2H/c1-2-3-4-5-6-7-12-13-8-9-14(12)10-11-15;;;;/h15H,2-11H2,1H3;;;;/q;2*+1;2*-1. The smallest absolute Gasteiger partial charge is 1.00 e. The second kappa shape index (κ2) is 13.9. The van der Waals surface area contributed by atoms with E-state index in [9.17, 15) is 0 Å². The molecule has 0 saturated carbocycles. The van der Waals surface area contributed by atoms with Crippen LogP contribution in [0.25, 0.3) is 0 Å². The van der Waals surface area contributed by atoms with E-state index in [1.807, 2.05) is 0 Å². The molecule has 0 fully saturated rings. The van der Waals surface area contributed by atoms with Gasteiger partial charge in [0.05, 0.1) is 19.0 Å². The molecule has 0 radical (unpaired) electrons. The van der Waals surface area contributed by atoms with Gasteiger partial charge in [-0.3, -0.25) is 4.99 Å². The van der Waals surface area contributed by atoms with Crippen LogP contribution in [0, 0.1) is 0 Å². The van der Waals surface area contributed by atoms with Crippen LogP contribution in [0.2, 0.25) is 0 Å². The summed E-state index contributed by atoms with van der Waals surface area (Å²) >= 11 is 0. The van der Waals surface area contributed by atoms with E-state index in [2.05, 4.69) is 16.8 Å². The summed E-state index contributed by atoms with van der Waals surface area (Å²) in [6.07, 6.45) is 7.68. The summed E-state index contributed by atoms with van der Waals surface area (Å²) in [5.41, 5.74) is 0.